The Bertz CT molecular complexity index is 915. The smallest absolute Gasteiger partial charge is 0.315 e. The number of benzene rings is 1. The highest BCUT2D eigenvalue weighted by Crippen LogP contribution is 2.20. The molecule has 4 rings (SSSR count). The van der Waals surface area contributed by atoms with E-state index in [2.05, 4.69) is 39.9 Å². The summed E-state index contributed by atoms with van der Waals surface area (Å²) >= 11 is 0. The van der Waals surface area contributed by atoms with Crippen molar-refractivity contribution in [3.05, 3.63) is 71.2 Å². The molecule has 1 aliphatic carbocycles. The second-order valence-electron chi connectivity index (χ2n) is 6.66. The first-order valence-corrected chi connectivity index (χ1v) is 8.74. The lowest BCUT2D eigenvalue weighted by Crippen LogP contribution is -2.44. The second-order valence-corrected chi connectivity index (χ2v) is 6.66. The van der Waals surface area contributed by atoms with Crippen LogP contribution < -0.4 is 10.6 Å². The van der Waals surface area contributed by atoms with Gasteiger partial charge >= 0.3 is 6.03 Å². The SMILES string of the molecule is Cc1cccc2nc(CNC(=O)NC3CCc4ccccc4C3)cn12. The molecule has 25 heavy (non-hydrogen) atoms. The van der Waals surface area contributed by atoms with Gasteiger partial charge in [-0.3, -0.25) is 0 Å². The molecule has 1 aliphatic rings. The van der Waals surface area contributed by atoms with Crippen LogP contribution in [0.25, 0.3) is 5.65 Å². The van der Waals surface area contributed by atoms with Crippen LogP contribution in [0, 0.1) is 6.92 Å². The topological polar surface area (TPSA) is 58.4 Å². The van der Waals surface area contributed by atoms with E-state index in [9.17, 15) is 4.79 Å². The van der Waals surface area contributed by atoms with Crippen molar-refractivity contribution < 1.29 is 4.79 Å². The number of carbonyl (C=O) groups is 1. The number of aromatic nitrogens is 2. The highest BCUT2D eigenvalue weighted by Gasteiger charge is 2.19. The number of hydrogen-bond acceptors (Lipinski definition) is 2. The van der Waals surface area contributed by atoms with E-state index in [4.69, 9.17) is 0 Å². The van der Waals surface area contributed by atoms with E-state index in [1.807, 2.05) is 35.7 Å². The molecule has 2 aromatic heterocycles. The van der Waals surface area contributed by atoms with E-state index in [0.717, 1.165) is 36.3 Å². The first-order valence-electron chi connectivity index (χ1n) is 8.74. The number of rotatable bonds is 3. The number of nitrogens with zero attached hydrogens (tertiary/aromatic N) is 2. The van der Waals surface area contributed by atoms with Crippen molar-refractivity contribution in [3.63, 3.8) is 0 Å². The maximum absolute atomic E-state index is 12.2. The van der Waals surface area contributed by atoms with Gasteiger partial charge in [0.15, 0.2) is 0 Å². The number of hydrogen-bond donors (Lipinski definition) is 2. The predicted octanol–water partition coefficient (Wildman–Crippen LogP) is 3.00. The van der Waals surface area contributed by atoms with E-state index < -0.39 is 0 Å². The van der Waals surface area contributed by atoms with E-state index >= 15 is 0 Å². The molecule has 0 aliphatic heterocycles. The summed E-state index contributed by atoms with van der Waals surface area (Å²) in [7, 11) is 0. The van der Waals surface area contributed by atoms with Gasteiger partial charge in [0, 0.05) is 17.9 Å². The lowest BCUT2D eigenvalue weighted by atomic mass is 9.88. The summed E-state index contributed by atoms with van der Waals surface area (Å²) < 4.78 is 2.03. The average Bonchev–Trinajstić information content (AvgIpc) is 3.04. The maximum Gasteiger partial charge on any atom is 0.315 e. The molecule has 5 heteroatoms. The van der Waals surface area contributed by atoms with Gasteiger partial charge in [0.1, 0.15) is 5.65 Å². The zero-order valence-electron chi connectivity index (χ0n) is 14.3. The van der Waals surface area contributed by atoms with Crippen molar-refractivity contribution in [2.45, 2.75) is 38.8 Å². The number of aryl methyl sites for hydroxylation is 2. The van der Waals surface area contributed by atoms with E-state index in [1.165, 1.54) is 11.1 Å². The molecule has 2 N–H and O–H groups in total. The van der Waals surface area contributed by atoms with Gasteiger partial charge in [-0.25, -0.2) is 9.78 Å². The van der Waals surface area contributed by atoms with Crippen LogP contribution in [-0.4, -0.2) is 21.5 Å². The van der Waals surface area contributed by atoms with Crippen molar-refractivity contribution in [2.75, 3.05) is 0 Å². The fraction of sp³-hybridized carbons (Fsp3) is 0.300. The Balaban J connectivity index is 1.34. The Morgan fingerprint density at radius 2 is 2.04 bits per heavy atom. The van der Waals surface area contributed by atoms with Crippen molar-refractivity contribution in [2.24, 2.45) is 0 Å². The van der Waals surface area contributed by atoms with Crippen LogP contribution in [0.5, 0.6) is 0 Å². The molecule has 128 valence electrons. The Hall–Kier alpha value is -2.82. The average molecular weight is 334 g/mol. The van der Waals surface area contributed by atoms with Crippen molar-refractivity contribution in [3.8, 4) is 0 Å². The molecule has 0 radical (unpaired) electrons. The first kappa shape index (κ1) is 15.7. The van der Waals surface area contributed by atoms with Crippen LogP contribution in [0.1, 0.15) is 28.9 Å². The number of pyridine rings is 1. The molecule has 1 aromatic carbocycles. The molecule has 0 saturated heterocycles. The van der Waals surface area contributed by atoms with Crippen molar-refractivity contribution in [1.82, 2.24) is 20.0 Å². The summed E-state index contributed by atoms with van der Waals surface area (Å²) in [6, 6.07) is 14.5. The normalized spacial score (nSPS) is 16.4. The van der Waals surface area contributed by atoms with Crippen LogP contribution in [-0.2, 0) is 19.4 Å². The van der Waals surface area contributed by atoms with Crippen LogP contribution in [0.3, 0.4) is 0 Å². The largest absolute Gasteiger partial charge is 0.335 e. The van der Waals surface area contributed by atoms with E-state index in [0.29, 0.717) is 6.54 Å². The molecule has 0 bridgehead atoms. The Morgan fingerprint density at radius 1 is 1.20 bits per heavy atom. The van der Waals surface area contributed by atoms with Gasteiger partial charge < -0.3 is 15.0 Å². The summed E-state index contributed by atoms with van der Waals surface area (Å²) in [4.78, 5) is 16.8. The minimum absolute atomic E-state index is 0.127. The van der Waals surface area contributed by atoms with Gasteiger partial charge in [0.05, 0.1) is 12.2 Å². The fourth-order valence-corrected chi connectivity index (χ4v) is 3.51. The molecule has 1 unspecified atom stereocenters. The summed E-state index contributed by atoms with van der Waals surface area (Å²) in [6.07, 6.45) is 4.88. The second kappa shape index (κ2) is 6.59. The molecule has 3 aromatic rings. The third-order valence-corrected chi connectivity index (χ3v) is 4.86. The molecule has 0 saturated carbocycles. The summed E-state index contributed by atoms with van der Waals surface area (Å²) in [5.41, 5.74) is 5.64. The summed E-state index contributed by atoms with van der Waals surface area (Å²) in [5, 5.41) is 6.02. The first-order chi connectivity index (χ1) is 12.2. The molecule has 5 nitrogen and oxygen atoms in total. The zero-order chi connectivity index (χ0) is 17.2. The molecule has 2 heterocycles. The standard InChI is InChI=1S/C20H22N4O/c1-14-5-4-8-19-22-18(13-24(14)19)12-21-20(25)23-17-10-9-15-6-2-3-7-16(15)11-17/h2-8,13,17H,9-12H2,1H3,(H2,21,23,25). The lowest BCUT2D eigenvalue weighted by molar-refractivity contribution is 0.235. The van der Waals surface area contributed by atoms with E-state index in [1.54, 1.807) is 0 Å². The third-order valence-electron chi connectivity index (χ3n) is 4.86. The quantitative estimate of drug-likeness (QED) is 0.773. The highest BCUT2D eigenvalue weighted by atomic mass is 16.2. The number of fused-ring (bicyclic) bond motifs is 2. The molecule has 0 fully saturated rings. The number of nitrogens with one attached hydrogen (secondary N) is 2. The van der Waals surface area contributed by atoms with Crippen molar-refractivity contribution >= 4 is 11.7 Å². The van der Waals surface area contributed by atoms with Gasteiger partial charge in [-0.05, 0) is 49.4 Å². The number of amides is 2. The molecule has 1 atom stereocenters. The number of urea groups is 1. The Kier molecular flexibility index (Phi) is 4.14. The van der Waals surface area contributed by atoms with E-state index in [-0.39, 0.29) is 12.1 Å². The van der Waals surface area contributed by atoms with Crippen LogP contribution >= 0.6 is 0 Å². The van der Waals surface area contributed by atoms with Crippen LogP contribution in [0.4, 0.5) is 4.79 Å². The van der Waals surface area contributed by atoms with Crippen LogP contribution in [0.15, 0.2) is 48.7 Å². The summed E-state index contributed by atoms with van der Waals surface area (Å²) in [5.74, 6) is 0. The van der Waals surface area contributed by atoms with Crippen molar-refractivity contribution in [1.29, 1.82) is 0 Å². The molecule has 0 spiro atoms. The Labute approximate surface area is 147 Å². The van der Waals surface area contributed by atoms with Gasteiger partial charge in [0.2, 0.25) is 0 Å². The molecular weight excluding hydrogens is 312 g/mol. The summed E-state index contributed by atoms with van der Waals surface area (Å²) in [6.45, 7) is 2.47. The number of imidazole rings is 1. The fourth-order valence-electron chi connectivity index (χ4n) is 3.51. The maximum atomic E-state index is 12.2. The zero-order valence-corrected chi connectivity index (χ0v) is 14.3. The van der Waals surface area contributed by atoms with Gasteiger partial charge in [-0.1, -0.05) is 30.3 Å². The third kappa shape index (κ3) is 3.36. The molecular formula is C20H22N4O. The minimum Gasteiger partial charge on any atom is -0.335 e. The monoisotopic (exact) mass is 334 g/mol. The van der Waals surface area contributed by atoms with Gasteiger partial charge in [0.25, 0.3) is 0 Å². The highest BCUT2D eigenvalue weighted by molar-refractivity contribution is 5.74. The Morgan fingerprint density at radius 3 is 2.88 bits per heavy atom. The van der Waals surface area contributed by atoms with Crippen LogP contribution in [0.2, 0.25) is 0 Å². The number of carbonyl (C=O) groups excluding carboxylic acids is 1. The van der Waals surface area contributed by atoms with Gasteiger partial charge in [-0.15, -0.1) is 0 Å². The van der Waals surface area contributed by atoms with Gasteiger partial charge in [-0.2, -0.15) is 0 Å². The lowest BCUT2D eigenvalue weighted by Gasteiger charge is -2.25. The predicted molar refractivity (Wildman–Crippen MR) is 97.6 cm³/mol. The molecule has 2 amide bonds. The minimum atomic E-state index is -0.127.